The van der Waals surface area contributed by atoms with E-state index in [0.29, 0.717) is 6.04 Å². The van der Waals surface area contributed by atoms with Crippen molar-refractivity contribution in [2.75, 3.05) is 39.8 Å². The zero-order chi connectivity index (χ0) is 13.8. The van der Waals surface area contributed by atoms with Crippen LogP contribution in [0, 0.1) is 11.8 Å². The molecule has 2 rings (SSSR count). The Labute approximate surface area is 119 Å². The van der Waals surface area contributed by atoms with E-state index in [-0.39, 0.29) is 0 Å². The second-order valence-electron chi connectivity index (χ2n) is 7.17. The van der Waals surface area contributed by atoms with Crippen LogP contribution in [-0.4, -0.2) is 61.7 Å². The first-order valence-corrected chi connectivity index (χ1v) is 8.22. The molecule has 0 spiro atoms. The molecular weight excluding hydrogens is 234 g/mol. The summed E-state index contributed by atoms with van der Waals surface area (Å²) in [5.41, 5.74) is 0. The Bertz CT molecular complexity index is 259. The minimum atomic E-state index is 0.713. The minimum absolute atomic E-state index is 0.713. The predicted molar refractivity (Wildman–Crippen MR) is 82.5 cm³/mol. The maximum Gasteiger partial charge on any atom is 0.0244 e. The Morgan fingerprint density at radius 3 is 2.32 bits per heavy atom. The average molecular weight is 267 g/mol. The highest BCUT2D eigenvalue weighted by molar-refractivity contribution is 4.85. The molecule has 1 aliphatic heterocycles. The number of likely N-dealkylation sites (N-methyl/N-ethyl adjacent to an activating group) is 1. The molecule has 3 heteroatoms. The Kier molecular flexibility index (Phi) is 5.67. The highest BCUT2D eigenvalue weighted by Crippen LogP contribution is 2.25. The van der Waals surface area contributed by atoms with Crippen LogP contribution in [0.5, 0.6) is 0 Å². The molecule has 3 nitrogen and oxygen atoms in total. The van der Waals surface area contributed by atoms with Crippen LogP contribution in [0.15, 0.2) is 0 Å². The number of hydrogen-bond donors (Lipinski definition) is 1. The Balaban J connectivity index is 1.79. The van der Waals surface area contributed by atoms with Gasteiger partial charge in [0, 0.05) is 44.8 Å². The molecule has 0 aromatic carbocycles. The van der Waals surface area contributed by atoms with E-state index in [2.05, 4.69) is 42.9 Å². The van der Waals surface area contributed by atoms with Gasteiger partial charge in [-0.1, -0.05) is 20.8 Å². The topological polar surface area (TPSA) is 18.5 Å². The SMILES string of the molecule is CC1CCC(NCC(C(C)C)N2CCN(C)CC2)C1. The van der Waals surface area contributed by atoms with Crippen LogP contribution >= 0.6 is 0 Å². The van der Waals surface area contributed by atoms with Crippen LogP contribution in [0.2, 0.25) is 0 Å². The quantitative estimate of drug-likeness (QED) is 0.822. The maximum absolute atomic E-state index is 3.85. The largest absolute Gasteiger partial charge is 0.312 e. The number of rotatable bonds is 5. The summed E-state index contributed by atoms with van der Waals surface area (Å²) in [4.78, 5) is 5.15. The van der Waals surface area contributed by atoms with Crippen molar-refractivity contribution in [2.45, 2.75) is 52.1 Å². The zero-order valence-electron chi connectivity index (χ0n) is 13.4. The molecule has 1 saturated carbocycles. The van der Waals surface area contributed by atoms with E-state index in [1.54, 1.807) is 0 Å². The summed E-state index contributed by atoms with van der Waals surface area (Å²) in [5.74, 6) is 1.67. The predicted octanol–water partition coefficient (Wildman–Crippen LogP) is 2.04. The third kappa shape index (κ3) is 4.44. The maximum atomic E-state index is 3.85. The van der Waals surface area contributed by atoms with Gasteiger partial charge < -0.3 is 10.2 Å². The molecule has 112 valence electrons. The number of piperazine rings is 1. The van der Waals surface area contributed by atoms with Crippen molar-refractivity contribution in [1.29, 1.82) is 0 Å². The Morgan fingerprint density at radius 2 is 1.79 bits per heavy atom. The molecule has 0 bridgehead atoms. The molecule has 0 radical (unpaired) electrons. The van der Waals surface area contributed by atoms with E-state index in [9.17, 15) is 0 Å². The van der Waals surface area contributed by atoms with Crippen LogP contribution < -0.4 is 5.32 Å². The van der Waals surface area contributed by atoms with Gasteiger partial charge in [0.2, 0.25) is 0 Å². The van der Waals surface area contributed by atoms with Crippen molar-refractivity contribution in [2.24, 2.45) is 11.8 Å². The lowest BCUT2D eigenvalue weighted by atomic mass is 10.0. The highest BCUT2D eigenvalue weighted by Gasteiger charge is 2.27. The second-order valence-corrected chi connectivity index (χ2v) is 7.17. The van der Waals surface area contributed by atoms with E-state index in [4.69, 9.17) is 0 Å². The van der Waals surface area contributed by atoms with Gasteiger partial charge in [-0.25, -0.2) is 0 Å². The first kappa shape index (κ1) is 15.3. The summed E-state index contributed by atoms with van der Waals surface area (Å²) in [5, 5.41) is 3.85. The van der Waals surface area contributed by atoms with Gasteiger partial charge in [0.25, 0.3) is 0 Å². The molecule has 2 fully saturated rings. The Hall–Kier alpha value is -0.120. The standard InChI is InChI=1S/C16H33N3/c1-13(2)16(19-9-7-18(4)8-10-19)12-17-15-6-5-14(3)11-15/h13-17H,5-12H2,1-4H3. The fourth-order valence-corrected chi connectivity index (χ4v) is 3.62. The van der Waals surface area contributed by atoms with E-state index in [1.807, 2.05) is 0 Å². The van der Waals surface area contributed by atoms with Crippen molar-refractivity contribution in [3.05, 3.63) is 0 Å². The monoisotopic (exact) mass is 267 g/mol. The lowest BCUT2D eigenvalue weighted by Gasteiger charge is -2.40. The third-order valence-electron chi connectivity index (χ3n) is 5.09. The molecule has 1 heterocycles. The lowest BCUT2D eigenvalue weighted by Crippen LogP contribution is -2.54. The van der Waals surface area contributed by atoms with E-state index in [0.717, 1.165) is 17.9 Å². The summed E-state index contributed by atoms with van der Waals surface area (Å²) >= 11 is 0. The van der Waals surface area contributed by atoms with Gasteiger partial charge in [-0.3, -0.25) is 4.90 Å². The van der Waals surface area contributed by atoms with Crippen LogP contribution in [0.25, 0.3) is 0 Å². The molecule has 0 aromatic heterocycles. The number of nitrogens with zero attached hydrogens (tertiary/aromatic N) is 2. The molecule has 3 unspecified atom stereocenters. The van der Waals surface area contributed by atoms with Gasteiger partial charge in [-0.2, -0.15) is 0 Å². The van der Waals surface area contributed by atoms with Crippen molar-refractivity contribution in [3.63, 3.8) is 0 Å². The smallest absolute Gasteiger partial charge is 0.0244 e. The van der Waals surface area contributed by atoms with E-state index < -0.39 is 0 Å². The van der Waals surface area contributed by atoms with Gasteiger partial charge >= 0.3 is 0 Å². The zero-order valence-corrected chi connectivity index (χ0v) is 13.4. The number of nitrogens with one attached hydrogen (secondary N) is 1. The first-order chi connectivity index (χ1) is 9.06. The van der Waals surface area contributed by atoms with Crippen LogP contribution in [0.1, 0.15) is 40.0 Å². The molecule has 0 aromatic rings. The molecule has 19 heavy (non-hydrogen) atoms. The summed E-state index contributed by atoms with van der Waals surface area (Å²) in [6.07, 6.45) is 4.18. The molecule has 0 amide bonds. The molecular formula is C16H33N3. The van der Waals surface area contributed by atoms with Gasteiger partial charge in [-0.05, 0) is 38.1 Å². The fraction of sp³-hybridized carbons (Fsp3) is 1.00. The summed E-state index contributed by atoms with van der Waals surface area (Å²) in [6.45, 7) is 13.3. The van der Waals surface area contributed by atoms with Crippen LogP contribution in [0.4, 0.5) is 0 Å². The van der Waals surface area contributed by atoms with Crippen molar-refractivity contribution in [1.82, 2.24) is 15.1 Å². The summed E-state index contributed by atoms with van der Waals surface area (Å²) < 4.78 is 0. The van der Waals surface area contributed by atoms with E-state index in [1.165, 1.54) is 52.0 Å². The van der Waals surface area contributed by atoms with E-state index >= 15 is 0 Å². The lowest BCUT2D eigenvalue weighted by molar-refractivity contribution is 0.0860. The molecule has 1 aliphatic carbocycles. The summed E-state index contributed by atoms with van der Waals surface area (Å²) in [6, 6.07) is 1.49. The van der Waals surface area contributed by atoms with Crippen LogP contribution in [0.3, 0.4) is 0 Å². The minimum Gasteiger partial charge on any atom is -0.312 e. The normalized spacial score (nSPS) is 32.1. The molecule has 1 saturated heterocycles. The summed E-state index contributed by atoms with van der Waals surface area (Å²) in [7, 11) is 2.24. The van der Waals surface area contributed by atoms with Gasteiger partial charge in [-0.15, -0.1) is 0 Å². The first-order valence-electron chi connectivity index (χ1n) is 8.22. The highest BCUT2D eigenvalue weighted by atomic mass is 15.3. The van der Waals surface area contributed by atoms with Crippen molar-refractivity contribution >= 4 is 0 Å². The average Bonchev–Trinajstić information content (AvgIpc) is 2.77. The van der Waals surface area contributed by atoms with Gasteiger partial charge in [0.1, 0.15) is 0 Å². The molecule has 2 aliphatic rings. The Morgan fingerprint density at radius 1 is 1.11 bits per heavy atom. The van der Waals surface area contributed by atoms with Gasteiger partial charge in [0.05, 0.1) is 0 Å². The van der Waals surface area contributed by atoms with Crippen molar-refractivity contribution in [3.8, 4) is 0 Å². The van der Waals surface area contributed by atoms with Crippen LogP contribution in [-0.2, 0) is 0 Å². The molecule has 3 atom stereocenters. The molecule has 1 N–H and O–H groups in total. The van der Waals surface area contributed by atoms with Crippen molar-refractivity contribution < 1.29 is 0 Å². The second kappa shape index (κ2) is 7.05. The van der Waals surface area contributed by atoms with Gasteiger partial charge in [0.15, 0.2) is 0 Å². The number of hydrogen-bond acceptors (Lipinski definition) is 3. The fourth-order valence-electron chi connectivity index (χ4n) is 3.62. The third-order valence-corrected chi connectivity index (χ3v) is 5.09.